The van der Waals surface area contributed by atoms with E-state index >= 15 is 0 Å². The summed E-state index contributed by atoms with van der Waals surface area (Å²) >= 11 is 6.23. The number of rotatable bonds is 8. The van der Waals surface area contributed by atoms with Crippen molar-refractivity contribution >= 4 is 19.9 Å². The quantitative estimate of drug-likeness (QED) is 0.541. The summed E-state index contributed by atoms with van der Waals surface area (Å²) in [7, 11) is -1.65. The molecule has 1 aromatic carbocycles. The molecule has 0 heterocycles. The zero-order valence-electron chi connectivity index (χ0n) is 11.8. The molecule has 0 aromatic heterocycles. The number of hydrogen-bond acceptors (Lipinski definition) is 1. The topological polar surface area (TPSA) is 9.23 Å². The molecule has 0 saturated carbocycles. The van der Waals surface area contributed by atoms with Crippen LogP contribution in [-0.2, 0) is 0 Å². The summed E-state index contributed by atoms with van der Waals surface area (Å²) in [6.45, 7) is 6.76. The first-order chi connectivity index (χ1) is 8.67. The lowest BCUT2D eigenvalue weighted by Gasteiger charge is -2.32. The third-order valence-corrected chi connectivity index (χ3v) is 8.48. The maximum Gasteiger partial charge on any atom is 0.251 e. The Balaban J connectivity index is 2.91. The molecule has 0 radical (unpaired) electrons. The molecule has 0 aliphatic heterocycles. The summed E-state index contributed by atoms with van der Waals surface area (Å²) in [4.78, 5) is 0. The minimum atomic E-state index is -1.65. The molecule has 1 nitrogen and oxygen atoms in total. The van der Waals surface area contributed by atoms with E-state index in [4.69, 9.17) is 16.0 Å². The predicted molar refractivity (Wildman–Crippen MR) is 83.1 cm³/mol. The van der Waals surface area contributed by atoms with Gasteiger partial charge >= 0.3 is 0 Å². The van der Waals surface area contributed by atoms with Gasteiger partial charge in [0.1, 0.15) is 5.75 Å². The normalized spacial score (nSPS) is 11.6. The largest absolute Gasteiger partial charge is 0.542 e. The lowest BCUT2D eigenvalue weighted by Crippen LogP contribution is -2.41. The molecular weight excluding hydrogens is 260 g/mol. The van der Waals surface area contributed by atoms with E-state index in [1.165, 1.54) is 37.4 Å². The van der Waals surface area contributed by atoms with Gasteiger partial charge in [0.05, 0.1) is 5.02 Å². The molecule has 0 saturated heterocycles. The van der Waals surface area contributed by atoms with Crippen molar-refractivity contribution in [1.29, 1.82) is 0 Å². The number of halogens is 1. The minimum absolute atomic E-state index is 0.748. The van der Waals surface area contributed by atoms with Crippen LogP contribution in [0.2, 0.25) is 23.2 Å². The van der Waals surface area contributed by atoms with Gasteiger partial charge in [-0.3, -0.25) is 0 Å². The van der Waals surface area contributed by atoms with E-state index in [1.54, 1.807) is 0 Å². The van der Waals surface area contributed by atoms with Crippen LogP contribution in [0.5, 0.6) is 5.75 Å². The van der Waals surface area contributed by atoms with Gasteiger partial charge in [0.25, 0.3) is 8.32 Å². The lowest BCUT2D eigenvalue weighted by molar-refractivity contribution is 0.519. The first-order valence-electron chi connectivity index (χ1n) is 7.11. The van der Waals surface area contributed by atoms with E-state index in [-0.39, 0.29) is 0 Å². The van der Waals surface area contributed by atoms with Gasteiger partial charge in [0.15, 0.2) is 0 Å². The summed E-state index contributed by atoms with van der Waals surface area (Å²) in [5, 5.41) is 0.748. The zero-order chi connectivity index (χ0) is 13.4. The summed E-state index contributed by atoms with van der Waals surface area (Å²) < 4.78 is 6.46. The van der Waals surface area contributed by atoms with Crippen molar-refractivity contribution in [3.05, 3.63) is 29.3 Å². The highest BCUT2D eigenvalue weighted by atomic mass is 35.5. The molecule has 3 heteroatoms. The summed E-state index contributed by atoms with van der Waals surface area (Å²) in [6.07, 6.45) is 3.62. The van der Waals surface area contributed by atoms with Crippen molar-refractivity contribution in [2.45, 2.75) is 58.2 Å². The standard InChI is InChI=1S/C15H25ClOSi/c1-4-11-18(12-5-2,13-6-3)17-15-10-8-7-9-14(15)16/h7-10H,4-6,11-13H2,1-3H3. The number of hydrogen-bond donors (Lipinski definition) is 0. The van der Waals surface area contributed by atoms with Gasteiger partial charge < -0.3 is 4.43 Å². The molecule has 0 atom stereocenters. The number of para-hydroxylation sites is 1. The van der Waals surface area contributed by atoms with Gasteiger partial charge in [-0.05, 0) is 30.3 Å². The first kappa shape index (κ1) is 15.6. The molecule has 1 aromatic rings. The van der Waals surface area contributed by atoms with Crippen molar-refractivity contribution < 1.29 is 4.43 Å². The molecule has 102 valence electrons. The van der Waals surface area contributed by atoms with Crippen LogP contribution in [0.4, 0.5) is 0 Å². The Morgan fingerprint density at radius 3 is 1.89 bits per heavy atom. The fourth-order valence-electron chi connectivity index (χ4n) is 2.66. The molecule has 0 fully saturated rings. The van der Waals surface area contributed by atoms with E-state index < -0.39 is 8.32 Å². The highest BCUT2D eigenvalue weighted by molar-refractivity contribution is 6.74. The summed E-state index contributed by atoms with van der Waals surface area (Å²) in [5.74, 6) is 0.890. The molecule has 0 aliphatic rings. The van der Waals surface area contributed by atoms with Gasteiger partial charge in [0, 0.05) is 0 Å². The average molecular weight is 285 g/mol. The third kappa shape index (κ3) is 4.32. The van der Waals surface area contributed by atoms with Crippen molar-refractivity contribution in [2.24, 2.45) is 0 Å². The second-order valence-electron chi connectivity index (χ2n) is 4.97. The molecule has 0 N–H and O–H groups in total. The predicted octanol–water partition coefficient (Wildman–Crippen LogP) is 5.89. The maximum atomic E-state index is 6.46. The van der Waals surface area contributed by atoms with Gasteiger partial charge in [-0.1, -0.05) is 63.8 Å². The van der Waals surface area contributed by atoms with Crippen LogP contribution < -0.4 is 4.43 Å². The van der Waals surface area contributed by atoms with Gasteiger partial charge in [-0.15, -0.1) is 0 Å². The van der Waals surface area contributed by atoms with Crippen LogP contribution in [0.25, 0.3) is 0 Å². The molecule has 0 spiro atoms. The van der Waals surface area contributed by atoms with E-state index in [0.717, 1.165) is 10.8 Å². The summed E-state index contributed by atoms with van der Waals surface area (Å²) in [6, 6.07) is 11.6. The Morgan fingerprint density at radius 1 is 0.944 bits per heavy atom. The first-order valence-corrected chi connectivity index (χ1v) is 10.0. The minimum Gasteiger partial charge on any atom is -0.542 e. The van der Waals surface area contributed by atoms with Crippen molar-refractivity contribution in [3.8, 4) is 5.75 Å². The monoisotopic (exact) mass is 284 g/mol. The third-order valence-electron chi connectivity index (χ3n) is 3.28. The van der Waals surface area contributed by atoms with E-state index in [2.05, 4.69) is 20.8 Å². The van der Waals surface area contributed by atoms with E-state index in [9.17, 15) is 0 Å². The van der Waals surface area contributed by atoms with Crippen molar-refractivity contribution in [1.82, 2.24) is 0 Å². The highest BCUT2D eigenvalue weighted by Crippen LogP contribution is 2.33. The molecule has 0 aliphatic carbocycles. The molecule has 0 bridgehead atoms. The van der Waals surface area contributed by atoms with Crippen LogP contribution in [0.15, 0.2) is 24.3 Å². The van der Waals surface area contributed by atoms with Gasteiger partial charge in [-0.25, -0.2) is 0 Å². The lowest BCUT2D eigenvalue weighted by atomic mass is 10.3. The SMILES string of the molecule is CCC[Si](CCC)(CCC)Oc1ccccc1Cl. The molecule has 18 heavy (non-hydrogen) atoms. The second-order valence-corrected chi connectivity index (χ2v) is 9.44. The smallest absolute Gasteiger partial charge is 0.251 e. The van der Waals surface area contributed by atoms with E-state index in [0.29, 0.717) is 0 Å². The Hall–Kier alpha value is -0.473. The van der Waals surface area contributed by atoms with Crippen molar-refractivity contribution in [2.75, 3.05) is 0 Å². The molecular formula is C15H25ClOSi. The van der Waals surface area contributed by atoms with E-state index in [1.807, 2.05) is 24.3 Å². The second kappa shape index (κ2) is 7.85. The van der Waals surface area contributed by atoms with Crippen LogP contribution in [0.1, 0.15) is 40.0 Å². The fraction of sp³-hybridized carbons (Fsp3) is 0.600. The zero-order valence-corrected chi connectivity index (χ0v) is 13.6. The maximum absolute atomic E-state index is 6.46. The van der Waals surface area contributed by atoms with Crippen LogP contribution in [0.3, 0.4) is 0 Å². The fourth-order valence-corrected chi connectivity index (χ4v) is 7.33. The van der Waals surface area contributed by atoms with Crippen LogP contribution >= 0.6 is 11.6 Å². The van der Waals surface area contributed by atoms with Crippen LogP contribution in [-0.4, -0.2) is 8.32 Å². The molecule has 0 amide bonds. The Morgan fingerprint density at radius 2 is 1.44 bits per heavy atom. The molecule has 0 unspecified atom stereocenters. The van der Waals surface area contributed by atoms with Crippen molar-refractivity contribution in [3.63, 3.8) is 0 Å². The number of benzene rings is 1. The average Bonchev–Trinajstić information content (AvgIpc) is 2.33. The van der Waals surface area contributed by atoms with Gasteiger partial charge in [0.2, 0.25) is 0 Å². The summed E-state index contributed by atoms with van der Waals surface area (Å²) in [5.41, 5.74) is 0. The Bertz CT molecular complexity index is 337. The Kier molecular flexibility index (Phi) is 6.80. The highest BCUT2D eigenvalue weighted by Gasteiger charge is 2.34. The Labute approximate surface area is 118 Å². The van der Waals surface area contributed by atoms with Gasteiger partial charge in [-0.2, -0.15) is 0 Å². The molecule has 1 rings (SSSR count). The van der Waals surface area contributed by atoms with Crippen LogP contribution in [0, 0.1) is 0 Å².